The van der Waals surface area contributed by atoms with Gasteiger partial charge in [0.2, 0.25) is 0 Å². The lowest BCUT2D eigenvalue weighted by atomic mass is 10.1. The van der Waals surface area contributed by atoms with E-state index in [0.29, 0.717) is 11.3 Å². The lowest BCUT2D eigenvalue weighted by Crippen LogP contribution is -2.30. The van der Waals surface area contributed by atoms with Crippen molar-refractivity contribution in [1.29, 1.82) is 0 Å². The second-order valence-electron chi connectivity index (χ2n) is 6.21. The number of ether oxygens (including phenoxy) is 2. The Kier molecular flexibility index (Phi) is 5.60. The van der Waals surface area contributed by atoms with E-state index in [0.717, 1.165) is 11.1 Å². The molecule has 8 heteroatoms. The number of anilines is 1. The van der Waals surface area contributed by atoms with E-state index in [1.807, 2.05) is 32.0 Å². The van der Waals surface area contributed by atoms with Crippen LogP contribution in [0.1, 0.15) is 16.7 Å². The third-order valence-corrected chi connectivity index (χ3v) is 4.47. The van der Waals surface area contributed by atoms with Gasteiger partial charge in [-0.15, -0.1) is 0 Å². The number of hydrogen-bond donors (Lipinski definition) is 1. The van der Waals surface area contributed by atoms with Crippen LogP contribution in [0.15, 0.2) is 42.1 Å². The summed E-state index contributed by atoms with van der Waals surface area (Å²) in [6.07, 6.45) is 1.52. The van der Waals surface area contributed by atoms with E-state index in [4.69, 9.17) is 17.0 Å². The maximum Gasteiger partial charge on any atom is 0.387 e. The molecule has 1 fully saturated rings. The van der Waals surface area contributed by atoms with E-state index >= 15 is 0 Å². The van der Waals surface area contributed by atoms with Crippen LogP contribution in [-0.4, -0.2) is 24.7 Å². The predicted molar refractivity (Wildman–Crippen MR) is 107 cm³/mol. The first-order chi connectivity index (χ1) is 13.3. The number of methoxy groups -OCH3 is 1. The molecule has 0 atom stereocenters. The molecule has 0 bridgehead atoms. The van der Waals surface area contributed by atoms with Gasteiger partial charge in [-0.05, 0) is 61.5 Å². The predicted octanol–water partition coefficient (Wildman–Crippen LogP) is 4.18. The standard InChI is InChI=1S/C20H18F2N2O3S/c1-11-4-6-15(12(2)8-11)24-18(25)14(23-20(24)28)9-13-5-7-16(26-3)17(10-13)27-19(21)22/h4-10,19H,1-3H3,(H,23,28)/b14-9-. The summed E-state index contributed by atoms with van der Waals surface area (Å²) in [6, 6.07) is 10.2. The van der Waals surface area contributed by atoms with E-state index in [1.54, 1.807) is 6.07 Å². The van der Waals surface area contributed by atoms with E-state index < -0.39 is 6.61 Å². The Morgan fingerprint density at radius 1 is 1.14 bits per heavy atom. The molecule has 3 rings (SSSR count). The van der Waals surface area contributed by atoms with Crippen molar-refractivity contribution in [2.45, 2.75) is 20.5 Å². The lowest BCUT2D eigenvalue weighted by Gasteiger charge is -2.17. The fourth-order valence-corrected chi connectivity index (χ4v) is 3.24. The van der Waals surface area contributed by atoms with E-state index in [-0.39, 0.29) is 28.2 Å². The van der Waals surface area contributed by atoms with Crippen molar-refractivity contribution in [3.05, 3.63) is 58.8 Å². The van der Waals surface area contributed by atoms with Crippen LogP contribution in [0, 0.1) is 13.8 Å². The van der Waals surface area contributed by atoms with Crippen LogP contribution in [0.5, 0.6) is 11.5 Å². The zero-order chi connectivity index (χ0) is 20.4. The van der Waals surface area contributed by atoms with Crippen molar-refractivity contribution < 1.29 is 23.0 Å². The molecule has 0 aliphatic carbocycles. The third kappa shape index (κ3) is 3.96. The molecule has 0 saturated carbocycles. The normalized spacial score (nSPS) is 15.4. The molecule has 0 aromatic heterocycles. The minimum atomic E-state index is -2.99. The van der Waals surface area contributed by atoms with Crippen molar-refractivity contribution in [2.75, 3.05) is 12.0 Å². The topological polar surface area (TPSA) is 50.8 Å². The minimum absolute atomic E-state index is 0.119. The molecule has 1 N–H and O–H groups in total. The Hall–Kier alpha value is -3.00. The van der Waals surface area contributed by atoms with Gasteiger partial charge >= 0.3 is 6.61 Å². The summed E-state index contributed by atoms with van der Waals surface area (Å²) < 4.78 is 34.7. The molecule has 1 aliphatic rings. The molecule has 2 aromatic carbocycles. The molecule has 5 nitrogen and oxygen atoms in total. The van der Waals surface area contributed by atoms with Crippen LogP contribution in [0.25, 0.3) is 6.08 Å². The highest BCUT2D eigenvalue weighted by atomic mass is 32.1. The summed E-state index contributed by atoms with van der Waals surface area (Å²) in [4.78, 5) is 14.3. The molecule has 1 heterocycles. The van der Waals surface area contributed by atoms with Crippen molar-refractivity contribution >= 4 is 35.0 Å². The third-order valence-electron chi connectivity index (χ3n) is 4.19. The Morgan fingerprint density at radius 3 is 2.54 bits per heavy atom. The van der Waals surface area contributed by atoms with Gasteiger partial charge in [0, 0.05) is 0 Å². The van der Waals surface area contributed by atoms with E-state index in [9.17, 15) is 13.6 Å². The molecule has 1 aliphatic heterocycles. The van der Waals surface area contributed by atoms with Gasteiger partial charge < -0.3 is 14.8 Å². The molecule has 2 aromatic rings. The first kappa shape index (κ1) is 19.8. The number of carbonyl (C=O) groups excluding carboxylic acids is 1. The van der Waals surface area contributed by atoms with Gasteiger partial charge in [-0.25, -0.2) is 0 Å². The number of benzene rings is 2. The average Bonchev–Trinajstić information content (AvgIpc) is 2.89. The fourth-order valence-electron chi connectivity index (χ4n) is 2.95. The summed E-state index contributed by atoms with van der Waals surface area (Å²) in [5.74, 6) is -0.282. The zero-order valence-corrected chi connectivity index (χ0v) is 16.3. The van der Waals surface area contributed by atoms with Crippen LogP contribution in [0.4, 0.5) is 14.5 Å². The van der Waals surface area contributed by atoms with E-state index in [2.05, 4.69) is 10.1 Å². The number of nitrogens with one attached hydrogen (secondary N) is 1. The largest absolute Gasteiger partial charge is 0.493 e. The quantitative estimate of drug-likeness (QED) is 0.599. The van der Waals surface area contributed by atoms with Gasteiger partial charge in [0.05, 0.1) is 12.8 Å². The monoisotopic (exact) mass is 404 g/mol. The lowest BCUT2D eigenvalue weighted by molar-refractivity contribution is -0.113. The summed E-state index contributed by atoms with van der Waals surface area (Å²) in [7, 11) is 1.36. The Balaban J connectivity index is 1.93. The first-order valence-electron chi connectivity index (χ1n) is 8.37. The summed E-state index contributed by atoms with van der Waals surface area (Å²) in [5.41, 5.74) is 3.40. The smallest absolute Gasteiger partial charge is 0.387 e. The van der Waals surface area contributed by atoms with Crippen LogP contribution >= 0.6 is 12.2 Å². The second kappa shape index (κ2) is 7.93. The molecule has 1 amide bonds. The van der Waals surface area contributed by atoms with Crippen molar-refractivity contribution in [2.24, 2.45) is 0 Å². The molecule has 0 spiro atoms. The zero-order valence-electron chi connectivity index (χ0n) is 15.5. The fraction of sp³-hybridized carbons (Fsp3) is 0.200. The molecular formula is C20H18F2N2O3S. The molecule has 28 heavy (non-hydrogen) atoms. The molecule has 1 saturated heterocycles. The molecule has 146 valence electrons. The van der Waals surface area contributed by atoms with Crippen LogP contribution < -0.4 is 19.7 Å². The Bertz CT molecular complexity index is 976. The highest BCUT2D eigenvalue weighted by molar-refractivity contribution is 7.80. The highest BCUT2D eigenvalue weighted by Gasteiger charge is 2.32. The van der Waals surface area contributed by atoms with Gasteiger partial charge in [0.15, 0.2) is 16.6 Å². The number of rotatable bonds is 5. The number of halogens is 2. The molecule has 0 radical (unpaired) electrons. The number of carbonyl (C=O) groups is 1. The van der Waals surface area contributed by atoms with Crippen molar-refractivity contribution in [3.63, 3.8) is 0 Å². The molecule has 0 unspecified atom stereocenters. The Morgan fingerprint density at radius 2 is 1.89 bits per heavy atom. The Labute approximate surface area is 166 Å². The number of amides is 1. The highest BCUT2D eigenvalue weighted by Crippen LogP contribution is 2.31. The van der Waals surface area contributed by atoms with Crippen LogP contribution in [0.2, 0.25) is 0 Å². The average molecular weight is 404 g/mol. The summed E-state index contributed by atoms with van der Waals surface area (Å²) in [6.45, 7) is 0.875. The minimum Gasteiger partial charge on any atom is -0.493 e. The van der Waals surface area contributed by atoms with Gasteiger partial charge in [-0.3, -0.25) is 9.69 Å². The van der Waals surface area contributed by atoms with Crippen LogP contribution in [0.3, 0.4) is 0 Å². The summed E-state index contributed by atoms with van der Waals surface area (Å²) in [5, 5.41) is 3.13. The van der Waals surface area contributed by atoms with Crippen molar-refractivity contribution in [1.82, 2.24) is 5.32 Å². The van der Waals surface area contributed by atoms with Gasteiger partial charge in [0.1, 0.15) is 5.70 Å². The van der Waals surface area contributed by atoms with E-state index in [1.165, 1.54) is 30.2 Å². The first-order valence-corrected chi connectivity index (χ1v) is 8.78. The maximum atomic E-state index is 12.9. The van der Waals surface area contributed by atoms with Gasteiger partial charge in [0.25, 0.3) is 5.91 Å². The van der Waals surface area contributed by atoms with Gasteiger partial charge in [-0.2, -0.15) is 8.78 Å². The number of aryl methyl sites for hydroxylation is 2. The molecular weight excluding hydrogens is 386 g/mol. The SMILES string of the molecule is COc1ccc(/C=C2\NC(=S)N(c3ccc(C)cc3C)C2=O)cc1OC(F)F. The van der Waals surface area contributed by atoms with Crippen LogP contribution in [-0.2, 0) is 4.79 Å². The van der Waals surface area contributed by atoms with Crippen molar-refractivity contribution in [3.8, 4) is 11.5 Å². The number of alkyl halides is 2. The van der Waals surface area contributed by atoms with Gasteiger partial charge in [-0.1, -0.05) is 23.8 Å². The maximum absolute atomic E-state index is 12.9. The number of hydrogen-bond acceptors (Lipinski definition) is 4. The summed E-state index contributed by atoms with van der Waals surface area (Å²) >= 11 is 5.32. The second-order valence-corrected chi connectivity index (χ2v) is 6.59. The number of thiocarbonyl (C=S) groups is 1. The number of nitrogens with zero attached hydrogens (tertiary/aromatic N) is 1.